The van der Waals surface area contributed by atoms with E-state index in [2.05, 4.69) is 5.32 Å². The summed E-state index contributed by atoms with van der Waals surface area (Å²) in [5.41, 5.74) is 2.29. The number of aromatic hydroxyl groups is 1. The summed E-state index contributed by atoms with van der Waals surface area (Å²) < 4.78 is 5.09. The summed E-state index contributed by atoms with van der Waals surface area (Å²) in [6.07, 6.45) is 1.39. The van der Waals surface area contributed by atoms with Gasteiger partial charge in [-0.2, -0.15) is 0 Å². The summed E-state index contributed by atoms with van der Waals surface area (Å²) in [5, 5.41) is 12.8. The Balaban J connectivity index is 1.62. The Labute approximate surface area is 158 Å². The van der Waals surface area contributed by atoms with Gasteiger partial charge in [0.1, 0.15) is 11.8 Å². The summed E-state index contributed by atoms with van der Waals surface area (Å²) >= 11 is 0. The first kappa shape index (κ1) is 18.9. The van der Waals surface area contributed by atoms with Crippen LogP contribution in [0.5, 0.6) is 5.75 Å². The van der Waals surface area contributed by atoms with Gasteiger partial charge in [-0.15, -0.1) is 0 Å². The van der Waals surface area contributed by atoms with E-state index < -0.39 is 6.04 Å². The zero-order valence-corrected chi connectivity index (χ0v) is 15.4. The number of rotatable bonds is 6. The minimum absolute atomic E-state index is 0.0651. The lowest BCUT2D eigenvalue weighted by Crippen LogP contribution is -2.45. The smallest absolute Gasteiger partial charge is 0.258 e. The molecule has 1 heterocycles. The molecule has 27 heavy (non-hydrogen) atoms. The third kappa shape index (κ3) is 4.46. The number of benzene rings is 2. The third-order valence-electron chi connectivity index (χ3n) is 4.75. The van der Waals surface area contributed by atoms with Crippen molar-refractivity contribution in [2.75, 3.05) is 13.7 Å². The number of para-hydroxylation sites is 1. The number of phenolic OH excluding ortho intramolecular Hbond substituents is 1. The standard InChI is InChI=1S/C21H24N2O4/c1-27-14-16-10-8-15(9-11-16)13-22-20(25)18-6-4-12-23(18)21(26)17-5-2-3-7-19(17)24/h2-3,5,7-11,18,24H,4,6,12-14H2,1H3,(H,22,25)/t18-/m1/s1. The molecule has 0 spiro atoms. The van der Waals surface area contributed by atoms with Crippen LogP contribution < -0.4 is 5.32 Å². The lowest BCUT2D eigenvalue weighted by Gasteiger charge is -2.24. The molecule has 6 nitrogen and oxygen atoms in total. The van der Waals surface area contributed by atoms with Crippen molar-refractivity contribution in [3.8, 4) is 5.75 Å². The normalized spacial score (nSPS) is 16.3. The highest BCUT2D eigenvalue weighted by Crippen LogP contribution is 2.24. The van der Waals surface area contributed by atoms with Crippen molar-refractivity contribution in [2.45, 2.75) is 32.0 Å². The van der Waals surface area contributed by atoms with Crippen LogP contribution in [0.3, 0.4) is 0 Å². The third-order valence-corrected chi connectivity index (χ3v) is 4.75. The minimum Gasteiger partial charge on any atom is -0.507 e. The maximum absolute atomic E-state index is 12.7. The number of ether oxygens (including phenoxy) is 1. The maximum Gasteiger partial charge on any atom is 0.258 e. The number of carbonyl (C=O) groups excluding carboxylic acids is 2. The largest absolute Gasteiger partial charge is 0.507 e. The first-order chi connectivity index (χ1) is 13.1. The molecule has 0 aromatic heterocycles. The summed E-state index contributed by atoms with van der Waals surface area (Å²) in [7, 11) is 1.65. The van der Waals surface area contributed by atoms with Crippen LogP contribution in [0.2, 0.25) is 0 Å². The maximum atomic E-state index is 12.7. The summed E-state index contributed by atoms with van der Waals surface area (Å²) in [4.78, 5) is 26.9. The monoisotopic (exact) mass is 368 g/mol. The van der Waals surface area contributed by atoms with E-state index in [4.69, 9.17) is 4.74 Å². The molecular weight excluding hydrogens is 344 g/mol. The van der Waals surface area contributed by atoms with E-state index in [0.717, 1.165) is 17.5 Å². The Kier molecular flexibility index (Phi) is 6.08. The van der Waals surface area contributed by atoms with Crippen LogP contribution in [-0.2, 0) is 22.7 Å². The van der Waals surface area contributed by atoms with Crippen molar-refractivity contribution in [1.82, 2.24) is 10.2 Å². The van der Waals surface area contributed by atoms with Crippen LogP contribution in [-0.4, -0.2) is 41.5 Å². The minimum atomic E-state index is -0.509. The SMILES string of the molecule is COCc1ccc(CNC(=O)[C@H]2CCCN2C(=O)c2ccccc2O)cc1. The molecular formula is C21H24N2O4. The van der Waals surface area contributed by atoms with Crippen LogP contribution in [0.15, 0.2) is 48.5 Å². The highest BCUT2D eigenvalue weighted by atomic mass is 16.5. The van der Waals surface area contributed by atoms with E-state index in [1.807, 2.05) is 24.3 Å². The van der Waals surface area contributed by atoms with Gasteiger partial charge in [0.25, 0.3) is 5.91 Å². The molecule has 1 saturated heterocycles. The molecule has 2 N–H and O–H groups in total. The number of hydrogen-bond acceptors (Lipinski definition) is 4. The van der Waals surface area contributed by atoms with E-state index in [1.165, 1.54) is 6.07 Å². The Morgan fingerprint density at radius 1 is 1.15 bits per heavy atom. The lowest BCUT2D eigenvalue weighted by atomic mass is 10.1. The van der Waals surface area contributed by atoms with Gasteiger partial charge in [-0.05, 0) is 36.1 Å². The Morgan fingerprint density at radius 2 is 1.85 bits per heavy atom. The van der Waals surface area contributed by atoms with E-state index in [-0.39, 0.29) is 23.1 Å². The van der Waals surface area contributed by atoms with Gasteiger partial charge in [0.05, 0.1) is 12.2 Å². The summed E-state index contributed by atoms with van der Waals surface area (Å²) in [6, 6.07) is 13.7. The molecule has 3 rings (SSSR count). The average Bonchev–Trinajstić information content (AvgIpc) is 3.17. The van der Waals surface area contributed by atoms with Crippen molar-refractivity contribution < 1.29 is 19.4 Å². The van der Waals surface area contributed by atoms with Crippen LogP contribution in [0.4, 0.5) is 0 Å². The Bertz CT molecular complexity index is 804. The average molecular weight is 368 g/mol. The van der Waals surface area contributed by atoms with E-state index in [0.29, 0.717) is 26.1 Å². The van der Waals surface area contributed by atoms with Gasteiger partial charge >= 0.3 is 0 Å². The predicted molar refractivity (Wildman–Crippen MR) is 101 cm³/mol. The fourth-order valence-corrected chi connectivity index (χ4v) is 3.32. The number of carbonyl (C=O) groups is 2. The summed E-state index contributed by atoms with van der Waals surface area (Å²) in [5.74, 6) is -0.545. The number of amides is 2. The molecule has 142 valence electrons. The van der Waals surface area contributed by atoms with Gasteiger partial charge in [-0.1, -0.05) is 36.4 Å². The second-order valence-corrected chi connectivity index (χ2v) is 6.64. The number of nitrogens with zero attached hydrogens (tertiary/aromatic N) is 1. The molecule has 0 saturated carbocycles. The van der Waals surface area contributed by atoms with Crippen molar-refractivity contribution in [3.05, 3.63) is 65.2 Å². The fraction of sp³-hybridized carbons (Fsp3) is 0.333. The van der Waals surface area contributed by atoms with E-state index in [1.54, 1.807) is 30.2 Å². The van der Waals surface area contributed by atoms with E-state index >= 15 is 0 Å². The highest BCUT2D eigenvalue weighted by molar-refractivity contribution is 5.99. The second-order valence-electron chi connectivity index (χ2n) is 6.64. The van der Waals surface area contributed by atoms with Gasteiger partial charge in [0.15, 0.2) is 0 Å². The number of methoxy groups -OCH3 is 1. The van der Waals surface area contributed by atoms with Crippen LogP contribution in [0.1, 0.15) is 34.3 Å². The van der Waals surface area contributed by atoms with Crippen molar-refractivity contribution in [2.24, 2.45) is 0 Å². The topological polar surface area (TPSA) is 78.9 Å². The number of phenols is 1. The van der Waals surface area contributed by atoms with Crippen LogP contribution >= 0.6 is 0 Å². The quantitative estimate of drug-likeness (QED) is 0.821. The molecule has 1 aliphatic rings. The number of hydrogen-bond donors (Lipinski definition) is 2. The highest BCUT2D eigenvalue weighted by Gasteiger charge is 2.35. The summed E-state index contributed by atoms with van der Waals surface area (Å²) in [6.45, 7) is 1.47. The van der Waals surface area contributed by atoms with Gasteiger partial charge in [-0.3, -0.25) is 9.59 Å². The lowest BCUT2D eigenvalue weighted by molar-refractivity contribution is -0.125. The fourth-order valence-electron chi connectivity index (χ4n) is 3.32. The molecule has 6 heteroatoms. The zero-order valence-electron chi connectivity index (χ0n) is 15.4. The molecule has 2 aromatic rings. The van der Waals surface area contributed by atoms with Crippen LogP contribution in [0, 0.1) is 0 Å². The molecule has 2 amide bonds. The molecule has 0 radical (unpaired) electrons. The molecule has 2 aromatic carbocycles. The Hall–Kier alpha value is -2.86. The second kappa shape index (κ2) is 8.68. The number of likely N-dealkylation sites (tertiary alicyclic amines) is 1. The molecule has 0 unspecified atom stereocenters. The van der Waals surface area contributed by atoms with Crippen LogP contribution in [0.25, 0.3) is 0 Å². The zero-order chi connectivity index (χ0) is 19.2. The van der Waals surface area contributed by atoms with Crippen molar-refractivity contribution in [1.29, 1.82) is 0 Å². The first-order valence-electron chi connectivity index (χ1n) is 9.03. The molecule has 1 fully saturated rings. The molecule has 0 bridgehead atoms. The van der Waals surface area contributed by atoms with E-state index in [9.17, 15) is 14.7 Å². The molecule has 1 atom stereocenters. The van der Waals surface area contributed by atoms with Gasteiger partial charge < -0.3 is 20.1 Å². The number of nitrogens with one attached hydrogen (secondary N) is 1. The molecule has 0 aliphatic carbocycles. The van der Waals surface area contributed by atoms with Gasteiger partial charge in [-0.25, -0.2) is 0 Å². The van der Waals surface area contributed by atoms with Crippen molar-refractivity contribution in [3.63, 3.8) is 0 Å². The van der Waals surface area contributed by atoms with Gasteiger partial charge in [0, 0.05) is 20.2 Å². The van der Waals surface area contributed by atoms with Crippen molar-refractivity contribution >= 4 is 11.8 Å². The van der Waals surface area contributed by atoms with Gasteiger partial charge in [0.2, 0.25) is 5.91 Å². The Morgan fingerprint density at radius 3 is 2.56 bits per heavy atom. The first-order valence-corrected chi connectivity index (χ1v) is 9.03. The molecule has 1 aliphatic heterocycles. The predicted octanol–water partition coefficient (Wildman–Crippen LogP) is 2.46.